The maximum atomic E-state index is 6.27. The van der Waals surface area contributed by atoms with Gasteiger partial charge in [0, 0.05) is 38.2 Å². The van der Waals surface area contributed by atoms with E-state index in [0.717, 1.165) is 88.2 Å². The molecular formula is C53H31N3O2. The fourth-order valence-electron chi connectivity index (χ4n) is 8.36. The van der Waals surface area contributed by atoms with Crippen molar-refractivity contribution in [1.82, 2.24) is 15.0 Å². The summed E-state index contributed by atoms with van der Waals surface area (Å²) in [6, 6.07) is 65.3. The zero-order chi connectivity index (χ0) is 38.2. The van der Waals surface area contributed by atoms with E-state index in [4.69, 9.17) is 23.8 Å². The van der Waals surface area contributed by atoms with Crippen LogP contribution in [0.3, 0.4) is 0 Å². The minimum Gasteiger partial charge on any atom is -0.456 e. The lowest BCUT2D eigenvalue weighted by Gasteiger charge is -2.11. The smallest absolute Gasteiger partial charge is 0.164 e. The van der Waals surface area contributed by atoms with E-state index < -0.39 is 0 Å². The number of hydrogen-bond donors (Lipinski definition) is 0. The molecular weight excluding hydrogens is 711 g/mol. The van der Waals surface area contributed by atoms with E-state index in [1.54, 1.807) is 0 Å². The van der Waals surface area contributed by atoms with Crippen molar-refractivity contribution in [2.45, 2.75) is 0 Å². The zero-order valence-corrected chi connectivity index (χ0v) is 31.1. The summed E-state index contributed by atoms with van der Waals surface area (Å²) in [5, 5.41) is 9.03. The molecule has 0 unspecified atom stereocenters. The Morgan fingerprint density at radius 2 is 0.776 bits per heavy atom. The van der Waals surface area contributed by atoms with Crippen molar-refractivity contribution in [2.75, 3.05) is 0 Å². The molecule has 12 aromatic rings. The van der Waals surface area contributed by atoms with Crippen LogP contribution in [0, 0.1) is 0 Å². The Morgan fingerprint density at radius 3 is 1.50 bits per heavy atom. The average molecular weight is 742 g/mol. The summed E-state index contributed by atoms with van der Waals surface area (Å²) in [6.07, 6.45) is 0. The SMILES string of the molecule is c1ccc2cc(-c3ccc(-c4nc(-c5ccc(-c6ccc7cc8c(cc7c6)oc6ccccc68)cc5)nc(-c5cccc6oc7ccccc7c56)n4)cc3)ccc2c1. The van der Waals surface area contributed by atoms with E-state index in [2.05, 4.69) is 146 Å². The van der Waals surface area contributed by atoms with Crippen LogP contribution in [0.2, 0.25) is 0 Å². The van der Waals surface area contributed by atoms with E-state index in [0.29, 0.717) is 17.5 Å². The van der Waals surface area contributed by atoms with Crippen LogP contribution in [-0.4, -0.2) is 15.0 Å². The average Bonchev–Trinajstić information content (AvgIpc) is 3.86. The summed E-state index contributed by atoms with van der Waals surface area (Å²) < 4.78 is 12.5. The normalized spacial score (nSPS) is 11.8. The van der Waals surface area contributed by atoms with Crippen LogP contribution in [0.5, 0.6) is 0 Å². The summed E-state index contributed by atoms with van der Waals surface area (Å²) in [4.78, 5) is 15.4. The molecule has 5 heteroatoms. The van der Waals surface area contributed by atoms with Crippen LogP contribution in [0.1, 0.15) is 0 Å². The summed E-state index contributed by atoms with van der Waals surface area (Å²) >= 11 is 0. The van der Waals surface area contributed by atoms with Crippen LogP contribution in [0.25, 0.3) is 122 Å². The Kier molecular flexibility index (Phi) is 7.16. The lowest BCUT2D eigenvalue weighted by molar-refractivity contribution is 0.669. The first-order valence-corrected chi connectivity index (χ1v) is 19.4. The molecule has 0 saturated heterocycles. The van der Waals surface area contributed by atoms with Crippen molar-refractivity contribution in [1.29, 1.82) is 0 Å². The van der Waals surface area contributed by atoms with Gasteiger partial charge < -0.3 is 8.83 Å². The van der Waals surface area contributed by atoms with E-state index in [1.807, 2.05) is 42.5 Å². The van der Waals surface area contributed by atoms with Crippen molar-refractivity contribution >= 4 is 65.4 Å². The highest BCUT2D eigenvalue weighted by atomic mass is 16.3. The molecule has 3 heterocycles. The molecule has 0 N–H and O–H groups in total. The quantitative estimate of drug-likeness (QED) is 0.176. The summed E-state index contributed by atoms with van der Waals surface area (Å²) in [5.74, 6) is 1.79. The maximum Gasteiger partial charge on any atom is 0.164 e. The van der Waals surface area contributed by atoms with Gasteiger partial charge in [0.15, 0.2) is 17.5 Å². The van der Waals surface area contributed by atoms with Gasteiger partial charge in [0.25, 0.3) is 0 Å². The van der Waals surface area contributed by atoms with E-state index in [-0.39, 0.29) is 0 Å². The van der Waals surface area contributed by atoms with Crippen molar-refractivity contribution < 1.29 is 8.83 Å². The van der Waals surface area contributed by atoms with Gasteiger partial charge in [0.05, 0.1) is 0 Å². The van der Waals surface area contributed by atoms with Crippen molar-refractivity contribution in [3.8, 4) is 56.4 Å². The number of nitrogens with zero attached hydrogens (tertiary/aromatic N) is 3. The minimum atomic E-state index is 0.589. The molecule has 0 aliphatic carbocycles. The lowest BCUT2D eigenvalue weighted by atomic mass is 9.99. The number of para-hydroxylation sites is 2. The third-order valence-corrected chi connectivity index (χ3v) is 11.3. The summed E-state index contributed by atoms with van der Waals surface area (Å²) in [6.45, 7) is 0. The van der Waals surface area contributed by atoms with Gasteiger partial charge in [-0.05, 0) is 86.3 Å². The molecule has 0 spiro atoms. The van der Waals surface area contributed by atoms with Gasteiger partial charge in [0.2, 0.25) is 0 Å². The second-order valence-corrected chi connectivity index (χ2v) is 14.8. The fraction of sp³-hybridized carbons (Fsp3) is 0. The highest BCUT2D eigenvalue weighted by Gasteiger charge is 2.18. The molecule has 270 valence electrons. The molecule has 0 amide bonds. The Hall–Kier alpha value is -7.89. The third-order valence-electron chi connectivity index (χ3n) is 11.3. The van der Waals surface area contributed by atoms with E-state index in [9.17, 15) is 0 Å². The predicted molar refractivity (Wildman–Crippen MR) is 237 cm³/mol. The van der Waals surface area contributed by atoms with Gasteiger partial charge in [-0.3, -0.25) is 0 Å². The summed E-state index contributed by atoms with van der Waals surface area (Å²) in [5.41, 5.74) is 10.6. The van der Waals surface area contributed by atoms with Crippen LogP contribution < -0.4 is 0 Å². The molecule has 0 bridgehead atoms. The largest absolute Gasteiger partial charge is 0.456 e. The van der Waals surface area contributed by atoms with Crippen LogP contribution in [0.4, 0.5) is 0 Å². The van der Waals surface area contributed by atoms with E-state index >= 15 is 0 Å². The monoisotopic (exact) mass is 741 g/mol. The third kappa shape index (κ3) is 5.36. The van der Waals surface area contributed by atoms with Gasteiger partial charge in [0.1, 0.15) is 22.3 Å². The zero-order valence-electron chi connectivity index (χ0n) is 31.1. The van der Waals surface area contributed by atoms with Crippen LogP contribution >= 0.6 is 0 Å². The summed E-state index contributed by atoms with van der Waals surface area (Å²) in [7, 11) is 0. The van der Waals surface area contributed by atoms with Gasteiger partial charge in [-0.1, -0.05) is 146 Å². The Balaban J connectivity index is 0.953. The standard InChI is InChI=1S/C53H31N3O2/c1-2-9-37-28-38(25-20-32(37)8-1)33-16-21-35(22-17-33)51-54-52(56-53(55-51)44-12-7-15-48-50(44)43-11-4-6-14-47(43)57-48)36-23-18-34(19-24-36)39-26-27-40-30-45-42-10-3-5-13-46(42)58-49(45)31-41(40)29-39/h1-31H. The van der Waals surface area contributed by atoms with Gasteiger partial charge in [-0.15, -0.1) is 0 Å². The number of rotatable bonds is 5. The van der Waals surface area contributed by atoms with E-state index in [1.165, 1.54) is 16.2 Å². The molecule has 12 rings (SSSR count). The van der Waals surface area contributed by atoms with Gasteiger partial charge in [-0.25, -0.2) is 15.0 Å². The molecule has 58 heavy (non-hydrogen) atoms. The molecule has 0 aliphatic heterocycles. The number of fused-ring (bicyclic) bond motifs is 8. The number of hydrogen-bond acceptors (Lipinski definition) is 5. The lowest BCUT2D eigenvalue weighted by Crippen LogP contribution is -2.00. The number of benzene rings is 9. The second-order valence-electron chi connectivity index (χ2n) is 14.8. The minimum absolute atomic E-state index is 0.589. The Morgan fingerprint density at radius 1 is 0.276 bits per heavy atom. The Labute approximate surface area is 332 Å². The molecule has 0 saturated carbocycles. The highest BCUT2D eigenvalue weighted by molar-refractivity contribution is 6.12. The molecule has 3 aromatic heterocycles. The molecule has 5 nitrogen and oxygen atoms in total. The fourth-order valence-corrected chi connectivity index (χ4v) is 8.36. The molecule has 0 aliphatic rings. The molecule has 0 fully saturated rings. The molecule has 0 radical (unpaired) electrons. The van der Waals surface area contributed by atoms with Gasteiger partial charge >= 0.3 is 0 Å². The van der Waals surface area contributed by atoms with Crippen molar-refractivity contribution in [2.24, 2.45) is 0 Å². The number of aromatic nitrogens is 3. The van der Waals surface area contributed by atoms with Crippen LogP contribution in [0.15, 0.2) is 197 Å². The predicted octanol–water partition coefficient (Wildman–Crippen LogP) is 14.3. The number of furan rings is 2. The first-order valence-electron chi connectivity index (χ1n) is 19.4. The first-order chi connectivity index (χ1) is 28.7. The topological polar surface area (TPSA) is 65.0 Å². The van der Waals surface area contributed by atoms with Crippen molar-refractivity contribution in [3.63, 3.8) is 0 Å². The Bertz CT molecular complexity index is 3560. The maximum absolute atomic E-state index is 6.27. The molecule has 9 aromatic carbocycles. The second kappa shape index (κ2) is 12.8. The van der Waals surface area contributed by atoms with Crippen molar-refractivity contribution in [3.05, 3.63) is 188 Å². The first kappa shape index (κ1) is 32.4. The molecule has 0 atom stereocenters. The highest BCUT2D eigenvalue weighted by Crippen LogP contribution is 2.38. The van der Waals surface area contributed by atoms with Gasteiger partial charge in [-0.2, -0.15) is 0 Å². The van der Waals surface area contributed by atoms with Crippen LogP contribution in [-0.2, 0) is 0 Å².